The van der Waals surface area contributed by atoms with Crippen LogP contribution in [-0.4, -0.2) is 16.1 Å². The predicted molar refractivity (Wildman–Crippen MR) is 80.8 cm³/mol. The lowest BCUT2D eigenvalue weighted by atomic mass is 10.0. The Morgan fingerprint density at radius 3 is 2.53 bits per heavy atom. The van der Waals surface area contributed by atoms with Crippen LogP contribution >= 0.6 is 27.3 Å². The number of nitrogens with zero attached hydrogens (tertiary/aromatic N) is 1. The average molecular weight is 340 g/mol. The molecule has 0 atom stereocenters. The van der Waals surface area contributed by atoms with Crippen molar-refractivity contribution in [3.05, 3.63) is 39.4 Å². The maximum atomic E-state index is 11.1. The quantitative estimate of drug-likeness (QED) is 0.893. The predicted octanol–water partition coefficient (Wildman–Crippen LogP) is 4.47. The summed E-state index contributed by atoms with van der Waals surface area (Å²) in [4.78, 5) is 15.8. The summed E-state index contributed by atoms with van der Waals surface area (Å²) in [5.41, 5.74) is 2.26. The molecule has 0 aliphatic carbocycles. The van der Waals surface area contributed by atoms with Gasteiger partial charge in [-0.25, -0.2) is 9.78 Å². The molecule has 2 aromatic rings. The Labute approximate surface area is 124 Å². The third-order valence-corrected chi connectivity index (χ3v) is 4.22. The molecule has 0 aliphatic heterocycles. The van der Waals surface area contributed by atoms with Gasteiger partial charge in [0.05, 0.1) is 4.88 Å². The van der Waals surface area contributed by atoms with E-state index in [1.54, 1.807) is 0 Å². The molecule has 0 radical (unpaired) electrons. The van der Waals surface area contributed by atoms with Crippen LogP contribution in [0.3, 0.4) is 0 Å². The Bertz CT molecular complexity index is 590. The molecule has 0 saturated carbocycles. The molecule has 3 nitrogen and oxygen atoms in total. The molecule has 1 heterocycles. The number of hydrogen-bond acceptors (Lipinski definition) is 3. The van der Waals surface area contributed by atoms with E-state index in [1.165, 1.54) is 16.9 Å². The summed E-state index contributed by atoms with van der Waals surface area (Å²) in [6, 6.07) is 8.03. The Kier molecular flexibility index (Phi) is 4.37. The van der Waals surface area contributed by atoms with Crippen molar-refractivity contribution in [2.75, 3.05) is 0 Å². The van der Waals surface area contributed by atoms with Crippen LogP contribution in [0.5, 0.6) is 0 Å². The first-order valence-corrected chi connectivity index (χ1v) is 7.57. The van der Waals surface area contributed by atoms with Crippen molar-refractivity contribution in [2.24, 2.45) is 5.92 Å². The lowest BCUT2D eigenvalue weighted by Crippen LogP contribution is -1.98. The molecular weight excluding hydrogens is 326 g/mol. The summed E-state index contributed by atoms with van der Waals surface area (Å²) in [6.07, 6.45) is 1.03. The van der Waals surface area contributed by atoms with E-state index in [9.17, 15) is 4.79 Å². The zero-order valence-electron chi connectivity index (χ0n) is 10.7. The molecule has 100 valence electrons. The highest BCUT2D eigenvalue weighted by atomic mass is 79.9. The van der Waals surface area contributed by atoms with E-state index in [0.29, 0.717) is 14.7 Å². The molecule has 2 rings (SSSR count). The average Bonchev–Trinajstić information content (AvgIpc) is 2.72. The fourth-order valence-corrected chi connectivity index (χ4v) is 3.35. The number of carboxylic acids is 1. The Hall–Kier alpha value is -1.20. The zero-order valence-corrected chi connectivity index (χ0v) is 13.1. The molecule has 0 amide bonds. The van der Waals surface area contributed by atoms with E-state index in [4.69, 9.17) is 5.11 Å². The number of aromatic carboxylic acids is 1. The van der Waals surface area contributed by atoms with Crippen LogP contribution in [0.25, 0.3) is 10.4 Å². The first-order valence-electron chi connectivity index (χ1n) is 5.96. The van der Waals surface area contributed by atoms with Crippen LogP contribution in [0, 0.1) is 5.92 Å². The van der Waals surface area contributed by atoms with E-state index < -0.39 is 5.97 Å². The molecule has 5 heteroatoms. The first-order chi connectivity index (χ1) is 8.97. The van der Waals surface area contributed by atoms with Crippen LogP contribution in [0.1, 0.15) is 29.9 Å². The van der Waals surface area contributed by atoms with Gasteiger partial charge in [0.25, 0.3) is 0 Å². The summed E-state index contributed by atoms with van der Waals surface area (Å²) < 4.78 is 0.589. The number of halogens is 1. The van der Waals surface area contributed by atoms with Crippen molar-refractivity contribution in [1.29, 1.82) is 0 Å². The Morgan fingerprint density at radius 2 is 2.00 bits per heavy atom. The summed E-state index contributed by atoms with van der Waals surface area (Å²) in [6.45, 7) is 4.35. The van der Waals surface area contributed by atoms with Gasteiger partial charge in [-0.1, -0.05) is 38.1 Å². The second-order valence-corrected chi connectivity index (χ2v) is 7.02. The molecule has 0 unspecified atom stereocenters. The molecular formula is C14H14BrNO2S. The Balaban J connectivity index is 2.34. The third-order valence-electron chi connectivity index (χ3n) is 2.66. The van der Waals surface area contributed by atoms with E-state index >= 15 is 0 Å². The lowest BCUT2D eigenvalue weighted by Gasteiger charge is -2.06. The maximum Gasteiger partial charge on any atom is 0.356 e. The van der Waals surface area contributed by atoms with Gasteiger partial charge >= 0.3 is 5.97 Å². The smallest absolute Gasteiger partial charge is 0.356 e. The summed E-state index contributed by atoms with van der Waals surface area (Å²) >= 11 is 4.58. The number of aromatic nitrogens is 1. The second-order valence-electron chi connectivity index (χ2n) is 4.74. The summed E-state index contributed by atoms with van der Waals surface area (Å²) in [7, 11) is 0. The van der Waals surface area contributed by atoms with Crippen LogP contribution in [0.15, 0.2) is 28.2 Å². The molecule has 0 fully saturated rings. The fourth-order valence-electron chi connectivity index (χ4n) is 1.90. The molecule has 0 saturated heterocycles. The van der Waals surface area contributed by atoms with Gasteiger partial charge in [0, 0.05) is 0 Å². The van der Waals surface area contributed by atoms with Crippen molar-refractivity contribution in [3.8, 4) is 10.4 Å². The topological polar surface area (TPSA) is 50.2 Å². The van der Waals surface area contributed by atoms with Gasteiger partial charge in [0.1, 0.15) is 0 Å². The summed E-state index contributed by atoms with van der Waals surface area (Å²) in [5, 5.41) is 9.14. The van der Waals surface area contributed by atoms with Gasteiger partial charge in [0.15, 0.2) is 9.61 Å². The van der Waals surface area contributed by atoms with Crippen LogP contribution in [-0.2, 0) is 6.42 Å². The third kappa shape index (κ3) is 3.42. The molecule has 1 aromatic heterocycles. The highest BCUT2D eigenvalue weighted by molar-refractivity contribution is 9.11. The van der Waals surface area contributed by atoms with E-state index in [-0.39, 0.29) is 5.69 Å². The van der Waals surface area contributed by atoms with E-state index in [2.05, 4.69) is 46.9 Å². The van der Waals surface area contributed by atoms with Gasteiger partial charge in [-0.15, -0.1) is 11.3 Å². The number of thiazole rings is 1. The second kappa shape index (κ2) is 5.84. The highest BCUT2D eigenvalue weighted by Gasteiger charge is 2.17. The normalized spacial score (nSPS) is 10.9. The standard InChI is InChI=1S/C14H14BrNO2S/c1-8(2)7-9-3-5-10(6-4-9)12-11(13(17)18)16-14(15)19-12/h3-6,8H,7H2,1-2H3,(H,17,18). The molecule has 1 N–H and O–H groups in total. The minimum Gasteiger partial charge on any atom is -0.476 e. The van der Waals surface area contributed by atoms with Crippen molar-refractivity contribution in [3.63, 3.8) is 0 Å². The maximum absolute atomic E-state index is 11.1. The van der Waals surface area contributed by atoms with Crippen LogP contribution < -0.4 is 0 Å². The fraction of sp³-hybridized carbons (Fsp3) is 0.286. The molecule has 0 spiro atoms. The zero-order chi connectivity index (χ0) is 14.0. The van der Waals surface area contributed by atoms with Gasteiger partial charge in [-0.2, -0.15) is 0 Å². The van der Waals surface area contributed by atoms with Crippen molar-refractivity contribution >= 4 is 33.2 Å². The van der Waals surface area contributed by atoms with Crippen LogP contribution in [0.4, 0.5) is 0 Å². The van der Waals surface area contributed by atoms with Crippen LogP contribution in [0.2, 0.25) is 0 Å². The SMILES string of the molecule is CC(C)Cc1ccc(-c2sc(Br)nc2C(=O)O)cc1. The number of carbonyl (C=O) groups is 1. The minimum absolute atomic E-state index is 0.105. The number of benzene rings is 1. The van der Waals surface area contributed by atoms with E-state index in [0.717, 1.165) is 12.0 Å². The minimum atomic E-state index is -0.997. The molecule has 0 bridgehead atoms. The molecule has 1 aromatic carbocycles. The van der Waals surface area contributed by atoms with Gasteiger partial charge in [-0.3, -0.25) is 0 Å². The van der Waals surface area contributed by atoms with Gasteiger partial charge in [-0.05, 0) is 39.4 Å². The number of rotatable bonds is 4. The number of carboxylic acid groups (broad SMARTS) is 1. The largest absolute Gasteiger partial charge is 0.476 e. The first kappa shape index (κ1) is 14.2. The monoisotopic (exact) mass is 339 g/mol. The van der Waals surface area contributed by atoms with E-state index in [1.807, 2.05) is 12.1 Å². The van der Waals surface area contributed by atoms with Crippen molar-refractivity contribution in [1.82, 2.24) is 4.98 Å². The highest BCUT2D eigenvalue weighted by Crippen LogP contribution is 2.33. The molecule has 19 heavy (non-hydrogen) atoms. The lowest BCUT2D eigenvalue weighted by molar-refractivity contribution is 0.0692. The van der Waals surface area contributed by atoms with Crippen molar-refractivity contribution < 1.29 is 9.90 Å². The molecule has 0 aliphatic rings. The number of hydrogen-bond donors (Lipinski definition) is 1. The Morgan fingerprint density at radius 1 is 1.37 bits per heavy atom. The van der Waals surface area contributed by atoms with Crippen molar-refractivity contribution in [2.45, 2.75) is 20.3 Å². The summed E-state index contributed by atoms with van der Waals surface area (Å²) in [5.74, 6) is -0.388. The van der Waals surface area contributed by atoms with Gasteiger partial charge in [0.2, 0.25) is 0 Å². The van der Waals surface area contributed by atoms with Gasteiger partial charge < -0.3 is 5.11 Å².